The zero-order valence-corrected chi connectivity index (χ0v) is 11.5. The standard InChI is InChI=1S/C15H12F2O2S/c1-10(15(18)11-5-3-2-4-6-11)20(19)12-7-8-13(16)14(17)9-12/h2-10H,1H3. The molecule has 0 bridgehead atoms. The van der Waals surface area contributed by atoms with E-state index in [9.17, 15) is 17.8 Å². The maximum Gasteiger partial charge on any atom is 0.178 e. The molecule has 0 saturated heterocycles. The molecule has 2 aromatic rings. The van der Waals surface area contributed by atoms with Gasteiger partial charge in [-0.15, -0.1) is 0 Å². The van der Waals surface area contributed by atoms with Crippen molar-refractivity contribution in [2.45, 2.75) is 17.1 Å². The molecule has 0 radical (unpaired) electrons. The average Bonchev–Trinajstić information content (AvgIpc) is 2.48. The van der Waals surface area contributed by atoms with Crippen molar-refractivity contribution in [2.75, 3.05) is 0 Å². The van der Waals surface area contributed by atoms with Gasteiger partial charge in [0.2, 0.25) is 0 Å². The van der Waals surface area contributed by atoms with Gasteiger partial charge >= 0.3 is 0 Å². The van der Waals surface area contributed by atoms with Crippen molar-refractivity contribution >= 4 is 16.6 Å². The molecule has 0 saturated carbocycles. The smallest absolute Gasteiger partial charge is 0.178 e. The minimum absolute atomic E-state index is 0.0979. The van der Waals surface area contributed by atoms with Crippen molar-refractivity contribution in [3.63, 3.8) is 0 Å². The van der Waals surface area contributed by atoms with Crippen LogP contribution in [0.1, 0.15) is 17.3 Å². The summed E-state index contributed by atoms with van der Waals surface area (Å²) < 4.78 is 38.2. The fourth-order valence-corrected chi connectivity index (χ4v) is 2.90. The summed E-state index contributed by atoms with van der Waals surface area (Å²) in [5.74, 6) is -2.38. The number of hydrogen-bond donors (Lipinski definition) is 0. The van der Waals surface area contributed by atoms with Gasteiger partial charge in [-0.1, -0.05) is 30.3 Å². The fourth-order valence-electron chi connectivity index (χ4n) is 1.74. The Balaban J connectivity index is 2.24. The predicted octanol–water partition coefficient (Wildman–Crippen LogP) is 3.34. The Hall–Kier alpha value is -1.88. The van der Waals surface area contributed by atoms with Crippen LogP contribution in [0.15, 0.2) is 53.4 Å². The number of carbonyl (C=O) groups is 1. The first-order valence-electron chi connectivity index (χ1n) is 5.95. The Morgan fingerprint density at radius 3 is 2.30 bits per heavy atom. The lowest BCUT2D eigenvalue weighted by Gasteiger charge is -2.11. The summed E-state index contributed by atoms with van der Waals surface area (Å²) in [5.41, 5.74) is 0.441. The fraction of sp³-hybridized carbons (Fsp3) is 0.133. The summed E-state index contributed by atoms with van der Waals surface area (Å²) >= 11 is 0. The normalized spacial score (nSPS) is 13.8. The Bertz CT molecular complexity index is 656. The van der Waals surface area contributed by atoms with E-state index in [-0.39, 0.29) is 10.7 Å². The zero-order chi connectivity index (χ0) is 14.7. The van der Waals surface area contributed by atoms with Crippen molar-refractivity contribution in [3.8, 4) is 0 Å². The molecule has 0 aromatic heterocycles. The molecule has 0 N–H and O–H groups in total. The number of benzene rings is 2. The monoisotopic (exact) mass is 294 g/mol. The molecule has 2 atom stereocenters. The van der Waals surface area contributed by atoms with E-state index < -0.39 is 27.7 Å². The van der Waals surface area contributed by atoms with E-state index in [4.69, 9.17) is 0 Å². The van der Waals surface area contributed by atoms with Gasteiger partial charge in [0, 0.05) is 10.5 Å². The Morgan fingerprint density at radius 1 is 1.05 bits per heavy atom. The Kier molecular flexibility index (Phi) is 4.39. The van der Waals surface area contributed by atoms with Gasteiger partial charge in [0.15, 0.2) is 17.4 Å². The lowest BCUT2D eigenvalue weighted by molar-refractivity contribution is 0.0992. The lowest BCUT2D eigenvalue weighted by atomic mass is 10.1. The number of halogens is 2. The first-order valence-corrected chi connectivity index (χ1v) is 7.17. The minimum Gasteiger partial charge on any atom is -0.293 e. The van der Waals surface area contributed by atoms with Gasteiger partial charge in [0.25, 0.3) is 0 Å². The molecule has 0 amide bonds. The number of Topliss-reactive ketones (excluding diaryl/α,β-unsaturated/α-hetero) is 1. The van der Waals surface area contributed by atoms with E-state index in [0.717, 1.165) is 12.1 Å². The molecule has 20 heavy (non-hydrogen) atoms. The summed E-state index contributed by atoms with van der Waals surface area (Å²) in [7, 11) is -1.73. The number of ketones is 1. The minimum atomic E-state index is -1.73. The van der Waals surface area contributed by atoms with Crippen LogP contribution in [0.4, 0.5) is 8.78 Å². The van der Waals surface area contributed by atoms with Crippen molar-refractivity contribution in [1.29, 1.82) is 0 Å². The maximum atomic E-state index is 13.1. The highest BCUT2D eigenvalue weighted by atomic mass is 32.2. The number of hydrogen-bond acceptors (Lipinski definition) is 2. The molecule has 5 heteroatoms. The quantitative estimate of drug-likeness (QED) is 0.810. The van der Waals surface area contributed by atoms with Gasteiger partial charge in [-0.05, 0) is 25.1 Å². The highest BCUT2D eigenvalue weighted by molar-refractivity contribution is 7.86. The van der Waals surface area contributed by atoms with Crippen molar-refractivity contribution < 1.29 is 17.8 Å². The Morgan fingerprint density at radius 2 is 1.70 bits per heavy atom. The molecule has 2 rings (SSSR count). The summed E-state index contributed by atoms with van der Waals surface area (Å²) in [4.78, 5) is 12.2. The summed E-state index contributed by atoms with van der Waals surface area (Å²) in [6.07, 6.45) is 0. The molecule has 2 unspecified atom stereocenters. The first-order chi connectivity index (χ1) is 9.50. The van der Waals surface area contributed by atoms with Gasteiger partial charge in [-0.2, -0.15) is 0 Å². The van der Waals surface area contributed by atoms with Crippen LogP contribution in [-0.2, 0) is 10.8 Å². The van der Waals surface area contributed by atoms with Crippen LogP contribution in [0.25, 0.3) is 0 Å². The molecule has 0 aliphatic rings. The van der Waals surface area contributed by atoms with Crippen molar-refractivity contribution in [2.24, 2.45) is 0 Å². The van der Waals surface area contributed by atoms with Crippen molar-refractivity contribution in [3.05, 3.63) is 65.7 Å². The molecule has 0 aliphatic carbocycles. The lowest BCUT2D eigenvalue weighted by Crippen LogP contribution is -2.22. The second-order valence-electron chi connectivity index (χ2n) is 4.25. The van der Waals surface area contributed by atoms with Gasteiger partial charge in [0.1, 0.15) is 0 Å². The van der Waals surface area contributed by atoms with Crippen LogP contribution < -0.4 is 0 Å². The van der Waals surface area contributed by atoms with E-state index in [1.54, 1.807) is 30.3 Å². The number of carbonyl (C=O) groups excluding carboxylic acids is 1. The van der Waals surface area contributed by atoms with Crippen LogP contribution in [0, 0.1) is 11.6 Å². The number of rotatable bonds is 4. The second kappa shape index (κ2) is 6.05. The molecule has 2 nitrogen and oxygen atoms in total. The molecule has 2 aromatic carbocycles. The van der Waals surface area contributed by atoms with Gasteiger partial charge in [-0.25, -0.2) is 8.78 Å². The molecule has 0 spiro atoms. The van der Waals surface area contributed by atoms with Crippen LogP contribution in [0.5, 0.6) is 0 Å². The van der Waals surface area contributed by atoms with Gasteiger partial charge in [-0.3, -0.25) is 9.00 Å². The summed E-state index contributed by atoms with van der Waals surface area (Å²) in [6.45, 7) is 1.51. The maximum absolute atomic E-state index is 13.1. The van der Waals surface area contributed by atoms with Crippen LogP contribution in [0.3, 0.4) is 0 Å². The van der Waals surface area contributed by atoms with Crippen LogP contribution >= 0.6 is 0 Å². The van der Waals surface area contributed by atoms with Crippen LogP contribution in [0.2, 0.25) is 0 Å². The third-order valence-electron chi connectivity index (χ3n) is 2.87. The van der Waals surface area contributed by atoms with E-state index >= 15 is 0 Å². The highest BCUT2D eigenvalue weighted by Crippen LogP contribution is 2.18. The molecular formula is C15H12F2O2S. The van der Waals surface area contributed by atoms with Gasteiger partial charge in [0.05, 0.1) is 16.0 Å². The Labute approximate surface area is 117 Å². The van der Waals surface area contributed by atoms with E-state index in [1.807, 2.05) is 0 Å². The van der Waals surface area contributed by atoms with Gasteiger partial charge < -0.3 is 0 Å². The highest BCUT2D eigenvalue weighted by Gasteiger charge is 2.23. The first kappa shape index (κ1) is 14.5. The van der Waals surface area contributed by atoms with E-state index in [2.05, 4.69) is 0 Å². The van der Waals surface area contributed by atoms with Crippen LogP contribution in [-0.4, -0.2) is 15.2 Å². The van der Waals surface area contributed by atoms with E-state index in [1.165, 1.54) is 13.0 Å². The molecule has 0 heterocycles. The van der Waals surface area contributed by atoms with E-state index in [0.29, 0.717) is 5.56 Å². The average molecular weight is 294 g/mol. The molecule has 0 aliphatic heterocycles. The summed E-state index contributed by atoms with van der Waals surface area (Å²) in [6, 6.07) is 11.4. The molecular weight excluding hydrogens is 282 g/mol. The largest absolute Gasteiger partial charge is 0.293 e. The second-order valence-corrected chi connectivity index (χ2v) is 6.02. The zero-order valence-electron chi connectivity index (χ0n) is 10.7. The topological polar surface area (TPSA) is 34.1 Å². The SMILES string of the molecule is CC(C(=O)c1ccccc1)S(=O)c1ccc(F)c(F)c1. The third kappa shape index (κ3) is 2.99. The predicted molar refractivity (Wildman–Crippen MR) is 73.0 cm³/mol. The third-order valence-corrected chi connectivity index (χ3v) is 4.45. The molecule has 0 fully saturated rings. The summed E-state index contributed by atoms with van der Waals surface area (Å²) in [5, 5.41) is -0.831. The van der Waals surface area contributed by atoms with Crippen molar-refractivity contribution in [1.82, 2.24) is 0 Å². The molecule has 104 valence electrons.